The van der Waals surface area contributed by atoms with E-state index in [0.717, 1.165) is 21.9 Å². The molecule has 4 rings (SSSR count). The normalized spacial score (nSPS) is 19.5. The SMILES string of the molecule is CC(C)CC(N(C)C)C1(c2ccc(Cl)cc2)CCC1.CC(C)CC(N(C)C)C1(c2ccc(Cl)cc2)CCC1. The van der Waals surface area contributed by atoms with Crippen LogP contribution in [0.3, 0.4) is 0 Å². The van der Waals surface area contributed by atoms with Gasteiger partial charge < -0.3 is 9.80 Å². The third kappa shape index (κ3) is 7.17. The first-order valence-corrected chi connectivity index (χ1v) is 15.5. The molecule has 2 aromatic rings. The summed E-state index contributed by atoms with van der Waals surface area (Å²) in [5, 5.41) is 1.67. The zero-order valence-electron chi connectivity index (χ0n) is 25.2. The van der Waals surface area contributed by atoms with Gasteiger partial charge in [-0.25, -0.2) is 0 Å². The number of rotatable bonds is 10. The average molecular weight is 560 g/mol. The molecule has 212 valence electrons. The van der Waals surface area contributed by atoms with E-state index in [0.29, 0.717) is 22.9 Å². The molecular weight excluding hydrogens is 507 g/mol. The highest BCUT2D eigenvalue weighted by Crippen LogP contribution is 2.50. The number of halogens is 2. The summed E-state index contributed by atoms with van der Waals surface area (Å²) >= 11 is 12.1. The number of hydrogen-bond acceptors (Lipinski definition) is 2. The summed E-state index contributed by atoms with van der Waals surface area (Å²) < 4.78 is 0. The first kappa shape index (κ1) is 31.5. The van der Waals surface area contributed by atoms with E-state index in [4.69, 9.17) is 23.2 Å². The van der Waals surface area contributed by atoms with Gasteiger partial charge in [0.05, 0.1) is 0 Å². The van der Waals surface area contributed by atoms with Gasteiger partial charge in [-0.15, -0.1) is 0 Å². The molecule has 0 bridgehead atoms. The van der Waals surface area contributed by atoms with Crippen LogP contribution < -0.4 is 0 Å². The molecule has 2 saturated carbocycles. The molecular formula is C34H52Cl2N2. The van der Waals surface area contributed by atoms with Crippen molar-refractivity contribution in [3.05, 3.63) is 69.7 Å². The monoisotopic (exact) mass is 558 g/mol. The number of hydrogen-bond donors (Lipinski definition) is 0. The van der Waals surface area contributed by atoms with Gasteiger partial charge in [-0.3, -0.25) is 0 Å². The van der Waals surface area contributed by atoms with Gasteiger partial charge >= 0.3 is 0 Å². The van der Waals surface area contributed by atoms with E-state index in [1.54, 1.807) is 0 Å². The van der Waals surface area contributed by atoms with Crippen molar-refractivity contribution in [1.82, 2.24) is 9.80 Å². The minimum Gasteiger partial charge on any atom is -0.306 e. The second-order valence-electron chi connectivity index (χ2n) is 13.3. The van der Waals surface area contributed by atoms with Crippen LogP contribution in [0.15, 0.2) is 48.5 Å². The highest BCUT2D eigenvalue weighted by Gasteiger charge is 2.47. The molecule has 38 heavy (non-hydrogen) atoms. The molecule has 0 radical (unpaired) electrons. The maximum atomic E-state index is 6.04. The molecule has 0 spiro atoms. The van der Waals surface area contributed by atoms with Crippen molar-refractivity contribution in [2.24, 2.45) is 11.8 Å². The minimum absolute atomic E-state index is 0.346. The van der Waals surface area contributed by atoms with E-state index in [2.05, 4.69) is 90.0 Å². The molecule has 0 aliphatic heterocycles. The van der Waals surface area contributed by atoms with Crippen LogP contribution in [0.4, 0.5) is 0 Å². The van der Waals surface area contributed by atoms with Gasteiger partial charge in [0.25, 0.3) is 0 Å². The van der Waals surface area contributed by atoms with E-state index >= 15 is 0 Å². The fourth-order valence-corrected chi connectivity index (χ4v) is 7.31. The molecule has 2 aliphatic carbocycles. The molecule has 2 nitrogen and oxygen atoms in total. The lowest BCUT2D eigenvalue weighted by Crippen LogP contribution is -2.52. The Bertz CT molecular complexity index is 889. The standard InChI is InChI=1S/2C17H26ClN/c2*1-13(2)12-16(19(3)4)17(10-5-11-17)14-6-8-15(18)9-7-14/h2*6-9,13,16H,5,10-12H2,1-4H3. The Labute approximate surface area is 244 Å². The maximum absolute atomic E-state index is 6.04. The van der Waals surface area contributed by atoms with E-state index in [9.17, 15) is 0 Å². The summed E-state index contributed by atoms with van der Waals surface area (Å²) in [6, 6.07) is 18.4. The lowest BCUT2D eigenvalue weighted by molar-refractivity contribution is 0.0808. The van der Waals surface area contributed by atoms with Crippen molar-refractivity contribution in [2.45, 2.75) is 102 Å². The van der Waals surface area contributed by atoms with Gasteiger partial charge in [0.1, 0.15) is 0 Å². The fraction of sp³-hybridized carbons (Fsp3) is 0.647. The predicted molar refractivity (Wildman–Crippen MR) is 168 cm³/mol. The summed E-state index contributed by atoms with van der Waals surface area (Å²) in [4.78, 5) is 4.85. The van der Waals surface area contributed by atoms with E-state index in [1.807, 2.05) is 24.3 Å². The molecule has 4 heteroatoms. The van der Waals surface area contributed by atoms with Crippen molar-refractivity contribution in [3.63, 3.8) is 0 Å². The minimum atomic E-state index is 0.346. The Morgan fingerprint density at radius 1 is 0.579 bits per heavy atom. The lowest BCUT2D eigenvalue weighted by atomic mass is 9.58. The predicted octanol–water partition coefficient (Wildman–Crippen LogP) is 9.48. The summed E-state index contributed by atoms with van der Waals surface area (Å²) in [6.07, 6.45) is 10.5. The van der Waals surface area contributed by atoms with Crippen LogP contribution in [0.25, 0.3) is 0 Å². The number of nitrogens with zero attached hydrogens (tertiary/aromatic N) is 2. The van der Waals surface area contributed by atoms with E-state index < -0.39 is 0 Å². The van der Waals surface area contributed by atoms with Gasteiger partial charge in [-0.2, -0.15) is 0 Å². The van der Waals surface area contributed by atoms with Gasteiger partial charge in [0, 0.05) is 33.0 Å². The number of benzene rings is 2. The molecule has 0 heterocycles. The van der Waals surface area contributed by atoms with Crippen molar-refractivity contribution >= 4 is 23.2 Å². The van der Waals surface area contributed by atoms with Crippen LogP contribution in [0.1, 0.15) is 90.2 Å². The molecule has 2 atom stereocenters. The van der Waals surface area contributed by atoms with Crippen LogP contribution in [0.2, 0.25) is 10.0 Å². The smallest absolute Gasteiger partial charge is 0.0406 e. The Morgan fingerprint density at radius 3 is 1.05 bits per heavy atom. The molecule has 0 saturated heterocycles. The summed E-state index contributed by atoms with van der Waals surface area (Å²) in [5.74, 6) is 1.47. The highest BCUT2D eigenvalue weighted by molar-refractivity contribution is 6.30. The van der Waals surface area contributed by atoms with Gasteiger partial charge in [0.15, 0.2) is 0 Å². The lowest BCUT2D eigenvalue weighted by Gasteiger charge is -2.51. The quantitative estimate of drug-likeness (QED) is 0.286. The molecule has 2 unspecified atom stereocenters. The zero-order chi connectivity index (χ0) is 28.1. The van der Waals surface area contributed by atoms with Gasteiger partial charge in [-0.1, -0.05) is 88.0 Å². The first-order chi connectivity index (χ1) is 17.9. The molecule has 2 fully saturated rings. The van der Waals surface area contributed by atoms with Crippen LogP contribution >= 0.6 is 23.2 Å². The molecule has 2 aromatic carbocycles. The molecule has 0 aromatic heterocycles. The maximum Gasteiger partial charge on any atom is 0.0406 e. The molecule has 0 N–H and O–H groups in total. The van der Waals surface area contributed by atoms with Gasteiger partial charge in [0.2, 0.25) is 0 Å². The van der Waals surface area contributed by atoms with E-state index in [-0.39, 0.29) is 0 Å². The largest absolute Gasteiger partial charge is 0.306 e. The van der Waals surface area contributed by atoms with Crippen molar-refractivity contribution in [2.75, 3.05) is 28.2 Å². The third-order valence-corrected chi connectivity index (χ3v) is 9.75. The molecule has 0 amide bonds. The second kappa shape index (κ2) is 13.5. The highest BCUT2D eigenvalue weighted by atomic mass is 35.5. The number of likely N-dealkylation sites (N-methyl/N-ethyl adjacent to an activating group) is 2. The van der Waals surface area contributed by atoms with Crippen LogP contribution in [0, 0.1) is 11.8 Å². The summed E-state index contributed by atoms with van der Waals surface area (Å²) in [6.45, 7) is 9.30. The molecule has 2 aliphatic rings. The van der Waals surface area contributed by atoms with E-state index in [1.165, 1.54) is 62.5 Å². The van der Waals surface area contributed by atoms with Crippen LogP contribution in [-0.4, -0.2) is 50.1 Å². The Morgan fingerprint density at radius 2 is 0.868 bits per heavy atom. The fourth-order valence-electron chi connectivity index (χ4n) is 7.06. The second-order valence-corrected chi connectivity index (χ2v) is 14.1. The van der Waals surface area contributed by atoms with Crippen LogP contribution in [0.5, 0.6) is 0 Å². The van der Waals surface area contributed by atoms with Crippen molar-refractivity contribution in [1.29, 1.82) is 0 Å². The topological polar surface area (TPSA) is 6.48 Å². The average Bonchev–Trinajstić information content (AvgIpc) is 2.78. The Kier molecular flexibility index (Phi) is 11.2. The first-order valence-electron chi connectivity index (χ1n) is 14.8. The summed E-state index contributed by atoms with van der Waals surface area (Å²) in [7, 11) is 8.90. The van der Waals surface area contributed by atoms with Gasteiger partial charge in [-0.05, 0) is 114 Å². The Hall–Kier alpha value is -1.06. The zero-order valence-corrected chi connectivity index (χ0v) is 26.7. The summed E-state index contributed by atoms with van der Waals surface area (Å²) in [5.41, 5.74) is 3.64. The Balaban J connectivity index is 0.000000211. The van der Waals surface area contributed by atoms with Crippen molar-refractivity contribution < 1.29 is 0 Å². The third-order valence-electron chi connectivity index (χ3n) is 9.24. The van der Waals surface area contributed by atoms with Crippen LogP contribution in [-0.2, 0) is 10.8 Å². The van der Waals surface area contributed by atoms with Crippen molar-refractivity contribution in [3.8, 4) is 0 Å².